The Labute approximate surface area is 101 Å². The van der Waals surface area contributed by atoms with Gasteiger partial charge < -0.3 is 10.6 Å². The lowest BCUT2D eigenvalue weighted by molar-refractivity contribution is 0.233. The molecule has 0 saturated heterocycles. The maximum absolute atomic E-state index is 7.25. The van der Waals surface area contributed by atoms with Gasteiger partial charge in [-0.15, -0.1) is 0 Å². The van der Waals surface area contributed by atoms with E-state index in [-0.39, 0.29) is 0 Å². The summed E-state index contributed by atoms with van der Waals surface area (Å²) in [5.41, 5.74) is 5.40. The van der Waals surface area contributed by atoms with Gasteiger partial charge >= 0.3 is 0 Å². The molecule has 3 heteroatoms. The fraction of sp³-hybridized carbons (Fsp3) is 0.923. The number of amidine groups is 1. The molecule has 0 bridgehead atoms. The molecule has 3 nitrogen and oxygen atoms in total. The minimum atomic E-state index is 0.306. The van der Waals surface area contributed by atoms with Gasteiger partial charge in [0.05, 0.1) is 5.84 Å². The Hall–Kier alpha value is -0.570. The van der Waals surface area contributed by atoms with Crippen LogP contribution in [0.3, 0.4) is 0 Å². The van der Waals surface area contributed by atoms with Crippen LogP contribution in [0.15, 0.2) is 0 Å². The highest BCUT2D eigenvalue weighted by Gasteiger charge is 2.11. The summed E-state index contributed by atoms with van der Waals surface area (Å²) >= 11 is 0. The lowest BCUT2D eigenvalue weighted by Gasteiger charge is -2.25. The third-order valence-corrected chi connectivity index (χ3v) is 3.20. The second-order valence-corrected chi connectivity index (χ2v) is 4.58. The van der Waals surface area contributed by atoms with Crippen molar-refractivity contribution in [3.05, 3.63) is 0 Å². The van der Waals surface area contributed by atoms with Gasteiger partial charge in [-0.2, -0.15) is 0 Å². The van der Waals surface area contributed by atoms with Crippen molar-refractivity contribution in [2.45, 2.75) is 52.9 Å². The average molecular weight is 227 g/mol. The normalized spacial score (nSPS) is 13.0. The van der Waals surface area contributed by atoms with Gasteiger partial charge in [0.15, 0.2) is 0 Å². The molecular formula is C13H29N3. The van der Waals surface area contributed by atoms with Gasteiger partial charge in [0.25, 0.3) is 0 Å². The molecule has 0 aliphatic carbocycles. The largest absolute Gasteiger partial charge is 0.388 e. The van der Waals surface area contributed by atoms with E-state index < -0.39 is 0 Å². The molecule has 0 spiro atoms. The van der Waals surface area contributed by atoms with Gasteiger partial charge in [-0.1, -0.05) is 40.0 Å². The smallest absolute Gasteiger partial charge is 0.0918 e. The molecule has 1 atom stereocenters. The Morgan fingerprint density at radius 1 is 1.31 bits per heavy atom. The molecule has 0 saturated carbocycles. The number of nitrogens with one attached hydrogen (secondary N) is 1. The molecular weight excluding hydrogens is 198 g/mol. The van der Waals surface area contributed by atoms with Crippen LogP contribution in [0, 0.1) is 11.3 Å². The van der Waals surface area contributed by atoms with Crippen LogP contribution in [-0.2, 0) is 0 Å². The summed E-state index contributed by atoms with van der Waals surface area (Å²) < 4.78 is 0. The quantitative estimate of drug-likeness (QED) is 0.445. The van der Waals surface area contributed by atoms with E-state index in [1.165, 1.54) is 32.2 Å². The summed E-state index contributed by atoms with van der Waals surface area (Å²) in [6.07, 6.45) is 5.93. The average Bonchev–Trinajstić information content (AvgIpc) is 2.28. The van der Waals surface area contributed by atoms with Crippen LogP contribution in [0.4, 0.5) is 0 Å². The maximum atomic E-state index is 7.25. The fourth-order valence-corrected chi connectivity index (χ4v) is 1.94. The summed E-state index contributed by atoms with van der Waals surface area (Å²) in [5.74, 6) is 1.12. The summed E-state index contributed by atoms with van der Waals surface area (Å²) in [7, 11) is 0. The van der Waals surface area contributed by atoms with Crippen LogP contribution in [-0.4, -0.2) is 30.4 Å². The number of rotatable bonds is 10. The molecule has 16 heavy (non-hydrogen) atoms. The van der Waals surface area contributed by atoms with E-state index in [4.69, 9.17) is 11.1 Å². The lowest BCUT2D eigenvalue weighted by Crippen LogP contribution is -2.32. The monoisotopic (exact) mass is 227 g/mol. The molecule has 0 heterocycles. The van der Waals surface area contributed by atoms with Crippen LogP contribution in [0.25, 0.3) is 0 Å². The minimum absolute atomic E-state index is 0.306. The molecule has 0 aromatic heterocycles. The number of hydrogen-bond acceptors (Lipinski definition) is 2. The number of hydrogen-bond donors (Lipinski definition) is 2. The van der Waals surface area contributed by atoms with E-state index >= 15 is 0 Å². The third-order valence-electron chi connectivity index (χ3n) is 3.20. The van der Waals surface area contributed by atoms with Crippen LogP contribution in [0.5, 0.6) is 0 Å². The van der Waals surface area contributed by atoms with E-state index in [2.05, 4.69) is 25.7 Å². The number of unbranched alkanes of at least 4 members (excludes halogenated alkanes) is 1. The van der Waals surface area contributed by atoms with Crippen LogP contribution in [0.1, 0.15) is 52.9 Å². The van der Waals surface area contributed by atoms with E-state index in [0.29, 0.717) is 12.3 Å². The first-order chi connectivity index (χ1) is 7.63. The van der Waals surface area contributed by atoms with Crippen molar-refractivity contribution in [2.75, 3.05) is 19.6 Å². The Morgan fingerprint density at radius 2 is 2.00 bits per heavy atom. The molecule has 1 unspecified atom stereocenters. The predicted molar refractivity (Wildman–Crippen MR) is 72.0 cm³/mol. The molecule has 0 aromatic rings. The molecule has 0 rings (SSSR count). The molecule has 0 amide bonds. The minimum Gasteiger partial charge on any atom is -0.388 e. The highest BCUT2D eigenvalue weighted by molar-refractivity contribution is 5.76. The van der Waals surface area contributed by atoms with E-state index in [1.54, 1.807) is 0 Å². The second-order valence-electron chi connectivity index (χ2n) is 4.58. The Balaban J connectivity index is 3.90. The zero-order valence-electron chi connectivity index (χ0n) is 11.3. The molecule has 0 fully saturated rings. The van der Waals surface area contributed by atoms with Crippen molar-refractivity contribution in [3.8, 4) is 0 Å². The predicted octanol–water partition coefficient (Wildman–Crippen LogP) is 2.85. The highest BCUT2D eigenvalue weighted by Crippen LogP contribution is 2.14. The molecule has 96 valence electrons. The summed E-state index contributed by atoms with van der Waals surface area (Å²) in [5, 5.41) is 7.25. The zero-order chi connectivity index (χ0) is 12.4. The summed E-state index contributed by atoms with van der Waals surface area (Å²) in [6.45, 7) is 9.89. The Bertz CT molecular complexity index is 180. The topological polar surface area (TPSA) is 53.1 Å². The standard InChI is InChI=1S/C13H29N3/c1-4-7-8-12(5-2)11-16(6-3)10-9-13(14)15/h12H,4-11H2,1-3H3,(H3,14,15). The summed E-state index contributed by atoms with van der Waals surface area (Å²) in [4.78, 5) is 2.42. The van der Waals surface area contributed by atoms with Crippen LogP contribution >= 0.6 is 0 Å². The highest BCUT2D eigenvalue weighted by atomic mass is 15.1. The van der Waals surface area contributed by atoms with Crippen molar-refractivity contribution in [2.24, 2.45) is 11.7 Å². The first-order valence-corrected chi connectivity index (χ1v) is 6.69. The SMILES string of the molecule is CCCCC(CC)CN(CC)CCC(=N)N. The third kappa shape index (κ3) is 7.69. The van der Waals surface area contributed by atoms with E-state index in [9.17, 15) is 0 Å². The van der Waals surface area contributed by atoms with Crippen LogP contribution in [0.2, 0.25) is 0 Å². The molecule has 0 aromatic carbocycles. The van der Waals surface area contributed by atoms with Crippen molar-refractivity contribution < 1.29 is 0 Å². The molecule has 0 aliphatic rings. The molecule has 0 aliphatic heterocycles. The maximum Gasteiger partial charge on any atom is 0.0918 e. The van der Waals surface area contributed by atoms with Gasteiger partial charge in [0, 0.05) is 19.5 Å². The van der Waals surface area contributed by atoms with Gasteiger partial charge in [-0.05, 0) is 18.9 Å². The second kappa shape index (κ2) is 9.64. The first-order valence-electron chi connectivity index (χ1n) is 6.69. The first kappa shape index (κ1) is 15.4. The fourth-order valence-electron chi connectivity index (χ4n) is 1.94. The number of nitrogens with two attached hydrogens (primary N) is 1. The Morgan fingerprint density at radius 3 is 2.44 bits per heavy atom. The van der Waals surface area contributed by atoms with Gasteiger partial charge in [-0.25, -0.2) is 0 Å². The van der Waals surface area contributed by atoms with E-state index in [1.807, 2.05) is 0 Å². The van der Waals surface area contributed by atoms with E-state index in [0.717, 1.165) is 19.0 Å². The molecule has 3 N–H and O–H groups in total. The van der Waals surface area contributed by atoms with Gasteiger partial charge in [0.2, 0.25) is 0 Å². The van der Waals surface area contributed by atoms with Crippen molar-refractivity contribution in [1.29, 1.82) is 5.41 Å². The van der Waals surface area contributed by atoms with Crippen LogP contribution < -0.4 is 5.73 Å². The van der Waals surface area contributed by atoms with Crippen molar-refractivity contribution in [1.82, 2.24) is 4.90 Å². The van der Waals surface area contributed by atoms with Crippen molar-refractivity contribution in [3.63, 3.8) is 0 Å². The Kier molecular flexibility index (Phi) is 9.30. The molecule has 0 radical (unpaired) electrons. The van der Waals surface area contributed by atoms with Gasteiger partial charge in [0.1, 0.15) is 0 Å². The summed E-state index contributed by atoms with van der Waals surface area (Å²) in [6, 6.07) is 0. The number of nitrogens with zero attached hydrogens (tertiary/aromatic N) is 1. The zero-order valence-corrected chi connectivity index (χ0v) is 11.3. The van der Waals surface area contributed by atoms with Gasteiger partial charge in [-0.3, -0.25) is 5.41 Å². The van der Waals surface area contributed by atoms with Crippen molar-refractivity contribution >= 4 is 5.84 Å². The lowest BCUT2D eigenvalue weighted by atomic mass is 9.98.